The quantitative estimate of drug-likeness (QED) is 0.165. The van der Waals surface area contributed by atoms with Crippen molar-refractivity contribution in [2.75, 3.05) is 0 Å². The van der Waals surface area contributed by atoms with Crippen LogP contribution in [0.3, 0.4) is 0 Å². The van der Waals surface area contributed by atoms with Crippen molar-refractivity contribution in [3.8, 4) is 11.5 Å². The van der Waals surface area contributed by atoms with E-state index in [1.807, 2.05) is 19.1 Å². The van der Waals surface area contributed by atoms with E-state index in [1.54, 1.807) is 6.07 Å². The van der Waals surface area contributed by atoms with Gasteiger partial charge >= 0.3 is 11.9 Å². The van der Waals surface area contributed by atoms with E-state index < -0.39 is 0 Å². The lowest BCUT2D eigenvalue weighted by molar-refractivity contribution is -0.137. The Hall–Kier alpha value is -1.84. The first-order valence-corrected chi connectivity index (χ1v) is 11.6. The molecule has 1 rings (SSSR count). The molecule has 0 spiro atoms. The van der Waals surface area contributed by atoms with Gasteiger partial charge in [0.25, 0.3) is 0 Å². The zero-order valence-corrected chi connectivity index (χ0v) is 18.8. The summed E-state index contributed by atoms with van der Waals surface area (Å²) in [5, 5.41) is 0. The minimum absolute atomic E-state index is 0.261. The van der Waals surface area contributed by atoms with Gasteiger partial charge in [0.05, 0.1) is 0 Å². The Balaban J connectivity index is 2.43. The van der Waals surface area contributed by atoms with Crippen molar-refractivity contribution in [3.05, 3.63) is 23.8 Å². The second kappa shape index (κ2) is 16.0. The van der Waals surface area contributed by atoms with Crippen molar-refractivity contribution >= 4 is 11.9 Å². The first kappa shape index (κ1) is 25.2. The van der Waals surface area contributed by atoms with Gasteiger partial charge < -0.3 is 9.47 Å². The van der Waals surface area contributed by atoms with Crippen LogP contribution in [0, 0.1) is 6.92 Å². The van der Waals surface area contributed by atoms with E-state index in [9.17, 15) is 9.59 Å². The van der Waals surface area contributed by atoms with Gasteiger partial charge in [0.1, 0.15) is 0 Å². The molecule has 0 N–H and O–H groups in total. The van der Waals surface area contributed by atoms with Gasteiger partial charge in [0.15, 0.2) is 11.5 Å². The number of hydrogen-bond acceptors (Lipinski definition) is 4. The fraction of sp³-hybridized carbons (Fsp3) is 0.680. The zero-order chi connectivity index (χ0) is 21.3. The third-order valence-corrected chi connectivity index (χ3v) is 5.08. The molecular formula is C25H40O4. The van der Waals surface area contributed by atoms with Gasteiger partial charge in [-0.25, -0.2) is 0 Å². The predicted molar refractivity (Wildman–Crippen MR) is 118 cm³/mol. The Labute approximate surface area is 177 Å². The standard InChI is InChI=1S/C25H40O4/c1-4-6-8-10-12-14-19-23(26)28-22-18-16-17-21(3)25(22)29-24(27)20-15-13-11-9-7-5-2/h16-18H,4-15,19-20H2,1-3H3. The highest BCUT2D eigenvalue weighted by Gasteiger charge is 2.16. The van der Waals surface area contributed by atoms with Crippen molar-refractivity contribution in [3.63, 3.8) is 0 Å². The van der Waals surface area contributed by atoms with Gasteiger partial charge in [-0.3, -0.25) is 9.59 Å². The molecule has 0 aliphatic carbocycles. The second-order valence-electron chi connectivity index (χ2n) is 7.89. The van der Waals surface area contributed by atoms with Crippen LogP contribution in [0.1, 0.15) is 109 Å². The number of para-hydroxylation sites is 1. The smallest absolute Gasteiger partial charge is 0.311 e. The van der Waals surface area contributed by atoms with Crippen molar-refractivity contribution in [2.24, 2.45) is 0 Å². The summed E-state index contributed by atoms with van der Waals surface area (Å²) in [6.07, 6.45) is 14.3. The Bertz CT molecular complexity index is 594. The first-order chi connectivity index (χ1) is 14.1. The first-order valence-electron chi connectivity index (χ1n) is 11.6. The second-order valence-corrected chi connectivity index (χ2v) is 7.89. The third kappa shape index (κ3) is 11.7. The summed E-state index contributed by atoms with van der Waals surface area (Å²) in [6, 6.07) is 5.37. The molecule has 0 aliphatic heterocycles. The number of unbranched alkanes of at least 4 members (excludes halogenated alkanes) is 10. The fourth-order valence-corrected chi connectivity index (χ4v) is 3.27. The summed E-state index contributed by atoms with van der Waals surface area (Å²) in [5.74, 6) is 0.194. The van der Waals surface area contributed by atoms with E-state index in [1.165, 1.54) is 38.5 Å². The molecule has 1 aromatic rings. The molecule has 0 saturated heterocycles. The number of esters is 2. The minimum Gasteiger partial charge on any atom is -0.423 e. The Morgan fingerprint density at radius 1 is 0.690 bits per heavy atom. The molecule has 4 heteroatoms. The van der Waals surface area contributed by atoms with Crippen LogP contribution in [0.5, 0.6) is 11.5 Å². The third-order valence-electron chi connectivity index (χ3n) is 5.08. The molecule has 0 aromatic heterocycles. The number of rotatable bonds is 16. The molecule has 0 fully saturated rings. The molecule has 0 aliphatic rings. The van der Waals surface area contributed by atoms with Gasteiger partial charge in [-0.1, -0.05) is 90.2 Å². The van der Waals surface area contributed by atoms with Crippen LogP contribution in [0.2, 0.25) is 0 Å². The van der Waals surface area contributed by atoms with Crippen LogP contribution >= 0.6 is 0 Å². The number of hydrogen-bond donors (Lipinski definition) is 0. The van der Waals surface area contributed by atoms with E-state index >= 15 is 0 Å². The van der Waals surface area contributed by atoms with E-state index in [0.29, 0.717) is 24.3 Å². The summed E-state index contributed by atoms with van der Waals surface area (Å²) in [4.78, 5) is 24.4. The minimum atomic E-state index is -0.265. The maximum absolute atomic E-state index is 12.2. The lowest BCUT2D eigenvalue weighted by atomic mass is 10.1. The normalized spacial score (nSPS) is 10.7. The lowest BCUT2D eigenvalue weighted by Crippen LogP contribution is -2.12. The molecule has 4 nitrogen and oxygen atoms in total. The molecule has 0 saturated carbocycles. The molecule has 0 heterocycles. The molecule has 1 aromatic carbocycles. The van der Waals surface area contributed by atoms with Crippen molar-refractivity contribution in [1.29, 1.82) is 0 Å². The average molecular weight is 405 g/mol. The van der Waals surface area contributed by atoms with Crippen LogP contribution in [0.4, 0.5) is 0 Å². The van der Waals surface area contributed by atoms with Crippen molar-refractivity contribution in [1.82, 2.24) is 0 Å². The maximum atomic E-state index is 12.2. The fourth-order valence-electron chi connectivity index (χ4n) is 3.27. The van der Waals surface area contributed by atoms with E-state index in [-0.39, 0.29) is 11.9 Å². The monoisotopic (exact) mass is 404 g/mol. The SMILES string of the molecule is CCCCCCCCC(=O)Oc1cccc(C)c1OC(=O)CCCCCCCC. The largest absolute Gasteiger partial charge is 0.423 e. The molecular weight excluding hydrogens is 364 g/mol. The summed E-state index contributed by atoms with van der Waals surface area (Å²) in [5.41, 5.74) is 0.797. The number of carbonyl (C=O) groups excluding carboxylic acids is 2. The lowest BCUT2D eigenvalue weighted by Gasteiger charge is -2.13. The van der Waals surface area contributed by atoms with Crippen LogP contribution < -0.4 is 9.47 Å². The Kier molecular flexibility index (Phi) is 13.9. The zero-order valence-electron chi connectivity index (χ0n) is 18.8. The van der Waals surface area contributed by atoms with Gasteiger partial charge in [0.2, 0.25) is 0 Å². The summed E-state index contributed by atoms with van der Waals surface area (Å²) >= 11 is 0. The average Bonchev–Trinajstić information content (AvgIpc) is 2.70. The molecule has 29 heavy (non-hydrogen) atoms. The van der Waals surface area contributed by atoms with Gasteiger partial charge in [-0.15, -0.1) is 0 Å². The number of benzene rings is 1. The molecule has 0 radical (unpaired) electrons. The van der Waals surface area contributed by atoms with Gasteiger partial charge in [-0.05, 0) is 31.4 Å². The van der Waals surface area contributed by atoms with E-state index in [4.69, 9.17) is 9.47 Å². The van der Waals surface area contributed by atoms with Crippen LogP contribution in [0.15, 0.2) is 18.2 Å². The van der Waals surface area contributed by atoms with Crippen LogP contribution in [-0.2, 0) is 9.59 Å². The topological polar surface area (TPSA) is 52.6 Å². The van der Waals surface area contributed by atoms with Crippen molar-refractivity contribution in [2.45, 2.75) is 111 Å². The molecule has 0 atom stereocenters. The molecule has 164 valence electrons. The maximum Gasteiger partial charge on any atom is 0.311 e. The Morgan fingerprint density at radius 2 is 1.17 bits per heavy atom. The molecule has 0 unspecified atom stereocenters. The summed E-state index contributed by atoms with van der Waals surface area (Å²) in [6.45, 7) is 6.24. The number of ether oxygens (including phenoxy) is 2. The molecule has 0 bridgehead atoms. The molecule has 0 amide bonds. The number of carbonyl (C=O) groups is 2. The van der Waals surface area contributed by atoms with Crippen LogP contribution in [-0.4, -0.2) is 11.9 Å². The van der Waals surface area contributed by atoms with Gasteiger partial charge in [-0.2, -0.15) is 0 Å². The highest BCUT2D eigenvalue weighted by Crippen LogP contribution is 2.31. The van der Waals surface area contributed by atoms with Crippen LogP contribution in [0.25, 0.3) is 0 Å². The van der Waals surface area contributed by atoms with E-state index in [0.717, 1.165) is 44.1 Å². The Morgan fingerprint density at radius 3 is 1.72 bits per heavy atom. The highest BCUT2D eigenvalue weighted by atomic mass is 16.6. The van der Waals surface area contributed by atoms with Crippen molar-refractivity contribution < 1.29 is 19.1 Å². The summed E-state index contributed by atoms with van der Waals surface area (Å²) < 4.78 is 11.1. The summed E-state index contributed by atoms with van der Waals surface area (Å²) in [7, 11) is 0. The van der Waals surface area contributed by atoms with Gasteiger partial charge in [0, 0.05) is 12.8 Å². The highest BCUT2D eigenvalue weighted by molar-refractivity contribution is 5.76. The predicted octanol–water partition coefficient (Wildman–Crippen LogP) is 7.31. The van der Waals surface area contributed by atoms with E-state index in [2.05, 4.69) is 13.8 Å². The number of aryl methyl sites for hydroxylation is 1.